The number of alkyl halides is 1. The van der Waals surface area contributed by atoms with Crippen molar-refractivity contribution < 1.29 is 0 Å². The van der Waals surface area contributed by atoms with E-state index >= 15 is 0 Å². The summed E-state index contributed by atoms with van der Waals surface area (Å²) in [6.07, 6.45) is 5.19. The summed E-state index contributed by atoms with van der Waals surface area (Å²) in [4.78, 5) is 2.08. The van der Waals surface area contributed by atoms with Crippen molar-refractivity contribution in [2.24, 2.45) is 5.92 Å². The van der Waals surface area contributed by atoms with Crippen molar-refractivity contribution in [1.82, 2.24) is 4.90 Å². The lowest BCUT2D eigenvalue weighted by molar-refractivity contribution is 0.284. The Hall–Kier alpha value is 0.540. The van der Waals surface area contributed by atoms with E-state index < -0.39 is 0 Å². The zero-order valence-electron chi connectivity index (χ0n) is 9.22. The number of unbranched alkanes of at least 4 members (excludes halogenated alkanes) is 2. The molecule has 0 N–H and O–H groups in total. The van der Waals surface area contributed by atoms with Crippen LogP contribution < -0.4 is 0 Å². The summed E-state index contributed by atoms with van der Waals surface area (Å²) in [6.45, 7) is 4.46. The predicted octanol–water partition coefficient (Wildman–Crippen LogP) is 3.75. The van der Waals surface area contributed by atoms with E-state index in [9.17, 15) is 0 Å². The van der Waals surface area contributed by atoms with Gasteiger partial charge in [-0.3, -0.25) is 4.90 Å². The van der Waals surface area contributed by atoms with Gasteiger partial charge in [-0.15, -0.1) is 24.0 Å². The number of hydrogen-bond donors (Lipinski definition) is 0. The first-order valence-electron chi connectivity index (χ1n) is 4.90. The predicted molar refractivity (Wildman–Crippen MR) is 63.9 cm³/mol. The molecule has 0 aliphatic heterocycles. The van der Waals surface area contributed by atoms with Gasteiger partial charge in [-0.2, -0.15) is 0 Å². The smallest absolute Gasteiger partial charge is 0.0871 e. The first kappa shape index (κ1) is 16.0. The van der Waals surface area contributed by atoms with Gasteiger partial charge in [-0.05, 0) is 26.4 Å². The first-order chi connectivity index (χ1) is 5.59. The van der Waals surface area contributed by atoms with E-state index in [1.54, 1.807) is 0 Å². The van der Waals surface area contributed by atoms with Gasteiger partial charge in [-0.25, -0.2) is 0 Å². The molecule has 0 rings (SSSR count). The van der Waals surface area contributed by atoms with Crippen molar-refractivity contribution in [1.29, 1.82) is 0 Å². The summed E-state index contributed by atoms with van der Waals surface area (Å²) in [5, 5.41) is 0. The standard InChI is InChI=1S/C10H22ClN.ClH/c1-5-6-7-8-9(2)10(11)12(3)4;/h9-10H,5-8H2,1-4H3;1H. The van der Waals surface area contributed by atoms with Crippen molar-refractivity contribution in [2.45, 2.75) is 45.0 Å². The van der Waals surface area contributed by atoms with E-state index in [1.165, 1.54) is 25.7 Å². The van der Waals surface area contributed by atoms with E-state index in [1.807, 2.05) is 14.1 Å². The van der Waals surface area contributed by atoms with Crippen LogP contribution in [0.15, 0.2) is 0 Å². The summed E-state index contributed by atoms with van der Waals surface area (Å²) in [5.41, 5.74) is 0.196. The quantitative estimate of drug-likeness (QED) is 0.380. The molecule has 0 fully saturated rings. The van der Waals surface area contributed by atoms with Gasteiger partial charge >= 0.3 is 0 Å². The molecule has 0 aliphatic carbocycles. The van der Waals surface area contributed by atoms with Crippen LogP contribution in [0.2, 0.25) is 0 Å². The van der Waals surface area contributed by atoms with Crippen LogP contribution in [0.25, 0.3) is 0 Å². The Morgan fingerprint density at radius 2 is 1.77 bits per heavy atom. The number of nitrogens with zero attached hydrogens (tertiary/aromatic N) is 1. The molecule has 0 aromatic heterocycles. The summed E-state index contributed by atoms with van der Waals surface area (Å²) in [7, 11) is 4.07. The lowest BCUT2D eigenvalue weighted by Gasteiger charge is -2.24. The highest BCUT2D eigenvalue weighted by Crippen LogP contribution is 2.19. The molecule has 0 spiro atoms. The van der Waals surface area contributed by atoms with Crippen LogP contribution >= 0.6 is 24.0 Å². The SMILES string of the molecule is CCCCCC(C)C(Cl)N(C)C.Cl. The van der Waals surface area contributed by atoms with Crippen molar-refractivity contribution in [2.75, 3.05) is 14.1 Å². The summed E-state index contributed by atoms with van der Waals surface area (Å²) in [5.74, 6) is 0.605. The Bertz CT molecular complexity index is 107. The Kier molecular flexibility index (Phi) is 11.2. The Morgan fingerprint density at radius 1 is 1.23 bits per heavy atom. The lowest BCUT2D eigenvalue weighted by Crippen LogP contribution is -2.28. The molecular formula is C10H23Cl2N. The maximum atomic E-state index is 6.17. The summed E-state index contributed by atoms with van der Waals surface area (Å²) < 4.78 is 0. The van der Waals surface area contributed by atoms with Gasteiger partial charge in [-0.1, -0.05) is 33.1 Å². The van der Waals surface area contributed by atoms with Crippen molar-refractivity contribution >= 4 is 24.0 Å². The largest absolute Gasteiger partial charge is 0.293 e. The monoisotopic (exact) mass is 227 g/mol. The number of rotatable bonds is 6. The molecule has 0 aliphatic rings. The maximum Gasteiger partial charge on any atom is 0.0871 e. The van der Waals surface area contributed by atoms with Crippen LogP contribution in [0.5, 0.6) is 0 Å². The van der Waals surface area contributed by atoms with Gasteiger partial charge in [0.15, 0.2) is 0 Å². The third-order valence-corrected chi connectivity index (χ3v) is 3.05. The molecule has 0 bridgehead atoms. The Morgan fingerprint density at radius 3 is 2.15 bits per heavy atom. The van der Waals surface area contributed by atoms with E-state index in [-0.39, 0.29) is 17.9 Å². The second-order valence-corrected chi connectivity index (χ2v) is 4.26. The minimum absolute atomic E-state index is 0. The Balaban J connectivity index is 0. The van der Waals surface area contributed by atoms with E-state index in [0.29, 0.717) is 5.92 Å². The molecule has 2 unspecified atom stereocenters. The molecule has 13 heavy (non-hydrogen) atoms. The number of halogens is 2. The highest BCUT2D eigenvalue weighted by Gasteiger charge is 2.15. The van der Waals surface area contributed by atoms with E-state index in [2.05, 4.69) is 18.7 Å². The minimum atomic E-state index is 0. The molecule has 0 saturated carbocycles. The highest BCUT2D eigenvalue weighted by molar-refractivity contribution is 6.20. The van der Waals surface area contributed by atoms with Crippen molar-refractivity contribution in [3.8, 4) is 0 Å². The topological polar surface area (TPSA) is 3.24 Å². The van der Waals surface area contributed by atoms with E-state index in [4.69, 9.17) is 11.6 Å². The molecule has 0 aromatic carbocycles. The fourth-order valence-electron chi connectivity index (χ4n) is 1.36. The first-order valence-corrected chi connectivity index (χ1v) is 5.33. The molecule has 2 atom stereocenters. The molecule has 1 nitrogen and oxygen atoms in total. The molecule has 0 saturated heterocycles. The third kappa shape index (κ3) is 7.60. The van der Waals surface area contributed by atoms with Gasteiger partial charge in [0.05, 0.1) is 5.50 Å². The number of hydrogen-bond acceptors (Lipinski definition) is 1. The minimum Gasteiger partial charge on any atom is -0.293 e. The zero-order chi connectivity index (χ0) is 9.56. The molecule has 3 heteroatoms. The van der Waals surface area contributed by atoms with E-state index in [0.717, 1.165) is 0 Å². The molecule has 0 heterocycles. The van der Waals surface area contributed by atoms with Gasteiger partial charge in [0.2, 0.25) is 0 Å². The van der Waals surface area contributed by atoms with Gasteiger partial charge in [0.25, 0.3) is 0 Å². The van der Waals surface area contributed by atoms with Crippen LogP contribution in [0.3, 0.4) is 0 Å². The van der Waals surface area contributed by atoms with Gasteiger partial charge in [0.1, 0.15) is 0 Å². The average molecular weight is 228 g/mol. The summed E-state index contributed by atoms with van der Waals surface area (Å²) in [6, 6.07) is 0. The molecule has 0 aromatic rings. The van der Waals surface area contributed by atoms with Crippen LogP contribution in [0.1, 0.15) is 39.5 Å². The average Bonchev–Trinajstić information content (AvgIpc) is 2.03. The Labute approximate surface area is 94.2 Å². The van der Waals surface area contributed by atoms with Crippen LogP contribution in [-0.4, -0.2) is 24.5 Å². The molecule has 0 radical (unpaired) electrons. The fourth-order valence-corrected chi connectivity index (χ4v) is 1.49. The van der Waals surface area contributed by atoms with Gasteiger partial charge in [0, 0.05) is 0 Å². The van der Waals surface area contributed by atoms with Crippen molar-refractivity contribution in [3.63, 3.8) is 0 Å². The maximum absolute atomic E-state index is 6.17. The van der Waals surface area contributed by atoms with Crippen LogP contribution in [0.4, 0.5) is 0 Å². The van der Waals surface area contributed by atoms with Crippen molar-refractivity contribution in [3.05, 3.63) is 0 Å². The second-order valence-electron chi connectivity index (χ2n) is 3.81. The van der Waals surface area contributed by atoms with Crippen LogP contribution in [-0.2, 0) is 0 Å². The molecule has 0 amide bonds. The molecular weight excluding hydrogens is 205 g/mol. The highest BCUT2D eigenvalue weighted by atomic mass is 35.5. The second kappa shape index (κ2) is 9.11. The van der Waals surface area contributed by atoms with Crippen LogP contribution in [0, 0.1) is 5.92 Å². The lowest BCUT2D eigenvalue weighted by atomic mass is 10.0. The third-order valence-electron chi connectivity index (χ3n) is 2.23. The zero-order valence-corrected chi connectivity index (χ0v) is 10.8. The normalized spacial score (nSPS) is 15.2. The molecule has 82 valence electrons. The summed E-state index contributed by atoms with van der Waals surface area (Å²) >= 11 is 6.17. The van der Waals surface area contributed by atoms with Gasteiger partial charge < -0.3 is 0 Å². The fraction of sp³-hybridized carbons (Fsp3) is 1.00.